The number of benzene rings is 2. The summed E-state index contributed by atoms with van der Waals surface area (Å²) in [5.74, 6) is 0.453. The molecule has 18 heavy (non-hydrogen) atoms. The molecule has 0 aliphatic heterocycles. The standard InChI is InChI=1S/C13H6Cl3NO/c14-7-1-3-9(10(16)5-7)13-17-11-6-8(15)2-4-12(11)18-13/h1-6H. The zero-order chi connectivity index (χ0) is 12.7. The fraction of sp³-hybridized carbons (Fsp3) is 0. The summed E-state index contributed by atoms with van der Waals surface area (Å²) >= 11 is 17.9. The van der Waals surface area contributed by atoms with Crippen LogP contribution in [-0.4, -0.2) is 4.98 Å². The molecule has 0 atom stereocenters. The molecule has 0 spiro atoms. The zero-order valence-electron chi connectivity index (χ0n) is 8.95. The first-order chi connectivity index (χ1) is 8.63. The van der Waals surface area contributed by atoms with Crippen LogP contribution in [0.15, 0.2) is 40.8 Å². The topological polar surface area (TPSA) is 26.0 Å². The molecule has 0 fully saturated rings. The van der Waals surface area contributed by atoms with Gasteiger partial charge in [-0.15, -0.1) is 0 Å². The molecule has 0 amide bonds. The third-order valence-corrected chi connectivity index (χ3v) is 3.29. The highest BCUT2D eigenvalue weighted by Crippen LogP contribution is 2.32. The summed E-state index contributed by atoms with van der Waals surface area (Å²) in [4.78, 5) is 4.36. The van der Waals surface area contributed by atoms with Crippen molar-refractivity contribution in [3.63, 3.8) is 0 Å². The first kappa shape index (κ1) is 11.8. The lowest BCUT2D eigenvalue weighted by molar-refractivity contribution is 0.620. The van der Waals surface area contributed by atoms with Crippen molar-refractivity contribution in [3.8, 4) is 11.5 Å². The second-order valence-corrected chi connectivity index (χ2v) is 5.04. The van der Waals surface area contributed by atoms with Gasteiger partial charge < -0.3 is 4.42 Å². The van der Waals surface area contributed by atoms with Gasteiger partial charge in [0.25, 0.3) is 0 Å². The van der Waals surface area contributed by atoms with Gasteiger partial charge in [0.1, 0.15) is 5.52 Å². The average molecular weight is 299 g/mol. The molecule has 0 N–H and O–H groups in total. The molecule has 0 aliphatic carbocycles. The van der Waals surface area contributed by atoms with Gasteiger partial charge in [0.2, 0.25) is 5.89 Å². The van der Waals surface area contributed by atoms with E-state index in [0.29, 0.717) is 37.6 Å². The van der Waals surface area contributed by atoms with E-state index in [2.05, 4.69) is 4.98 Å². The van der Waals surface area contributed by atoms with Crippen LogP contribution in [0, 0.1) is 0 Å². The van der Waals surface area contributed by atoms with E-state index < -0.39 is 0 Å². The third kappa shape index (κ3) is 2.07. The van der Waals surface area contributed by atoms with Crippen molar-refractivity contribution in [2.75, 3.05) is 0 Å². The van der Waals surface area contributed by atoms with E-state index in [1.54, 1.807) is 36.4 Å². The van der Waals surface area contributed by atoms with Crippen molar-refractivity contribution >= 4 is 45.9 Å². The quantitative estimate of drug-likeness (QED) is 0.596. The van der Waals surface area contributed by atoms with E-state index in [0.717, 1.165) is 0 Å². The summed E-state index contributed by atoms with van der Waals surface area (Å²) in [6.07, 6.45) is 0. The predicted molar refractivity (Wildman–Crippen MR) is 74.5 cm³/mol. The summed E-state index contributed by atoms with van der Waals surface area (Å²) in [5, 5.41) is 1.69. The predicted octanol–water partition coefficient (Wildman–Crippen LogP) is 5.46. The van der Waals surface area contributed by atoms with Gasteiger partial charge in [-0.1, -0.05) is 34.8 Å². The summed E-state index contributed by atoms with van der Waals surface area (Å²) in [6.45, 7) is 0. The van der Waals surface area contributed by atoms with Crippen molar-refractivity contribution in [1.82, 2.24) is 4.98 Å². The SMILES string of the molecule is Clc1ccc(-c2nc3cc(Cl)ccc3o2)c(Cl)c1. The van der Waals surface area contributed by atoms with Crippen LogP contribution >= 0.6 is 34.8 Å². The molecule has 3 aromatic rings. The molecule has 5 heteroatoms. The lowest BCUT2D eigenvalue weighted by atomic mass is 10.2. The first-order valence-electron chi connectivity index (χ1n) is 5.15. The Labute approximate surface area is 118 Å². The maximum Gasteiger partial charge on any atom is 0.228 e. The van der Waals surface area contributed by atoms with Gasteiger partial charge in [0.15, 0.2) is 5.58 Å². The Kier molecular flexibility index (Phi) is 2.94. The number of oxazole rings is 1. The molecular weight excluding hydrogens is 293 g/mol. The highest BCUT2D eigenvalue weighted by atomic mass is 35.5. The Balaban J connectivity index is 2.19. The van der Waals surface area contributed by atoms with E-state index in [-0.39, 0.29) is 0 Å². The van der Waals surface area contributed by atoms with E-state index >= 15 is 0 Å². The molecule has 90 valence electrons. The van der Waals surface area contributed by atoms with Crippen LogP contribution in [0.2, 0.25) is 15.1 Å². The molecule has 0 saturated carbocycles. The summed E-state index contributed by atoms with van der Waals surface area (Å²) in [7, 11) is 0. The molecule has 0 bridgehead atoms. The molecular formula is C13H6Cl3NO. The Morgan fingerprint density at radius 3 is 2.39 bits per heavy atom. The highest BCUT2D eigenvalue weighted by Gasteiger charge is 2.12. The van der Waals surface area contributed by atoms with Crippen LogP contribution in [-0.2, 0) is 0 Å². The Morgan fingerprint density at radius 1 is 0.889 bits per heavy atom. The normalized spacial score (nSPS) is 11.1. The minimum absolute atomic E-state index is 0.453. The fourth-order valence-corrected chi connectivity index (χ4v) is 2.33. The zero-order valence-corrected chi connectivity index (χ0v) is 11.2. The van der Waals surface area contributed by atoms with Crippen LogP contribution in [0.3, 0.4) is 0 Å². The number of fused-ring (bicyclic) bond motifs is 1. The Hall–Kier alpha value is -1.22. The number of hydrogen-bond acceptors (Lipinski definition) is 2. The third-order valence-electron chi connectivity index (χ3n) is 2.51. The highest BCUT2D eigenvalue weighted by molar-refractivity contribution is 6.36. The van der Waals surface area contributed by atoms with Crippen molar-refractivity contribution in [3.05, 3.63) is 51.5 Å². The smallest absolute Gasteiger partial charge is 0.228 e. The maximum absolute atomic E-state index is 6.11. The minimum atomic E-state index is 0.453. The van der Waals surface area contributed by atoms with E-state index in [1.165, 1.54) is 0 Å². The van der Waals surface area contributed by atoms with Gasteiger partial charge in [0, 0.05) is 10.0 Å². The summed E-state index contributed by atoms with van der Waals surface area (Å²) < 4.78 is 5.63. The molecule has 2 aromatic carbocycles. The molecule has 0 aliphatic rings. The van der Waals surface area contributed by atoms with Gasteiger partial charge in [-0.25, -0.2) is 4.98 Å². The second kappa shape index (κ2) is 4.47. The number of halogens is 3. The van der Waals surface area contributed by atoms with E-state index in [1.807, 2.05) is 0 Å². The van der Waals surface area contributed by atoms with Gasteiger partial charge in [-0.2, -0.15) is 0 Å². The van der Waals surface area contributed by atoms with Gasteiger partial charge >= 0.3 is 0 Å². The Bertz CT molecular complexity index is 736. The molecule has 2 nitrogen and oxygen atoms in total. The lowest BCUT2D eigenvalue weighted by Crippen LogP contribution is -1.79. The summed E-state index contributed by atoms with van der Waals surface area (Å²) in [6, 6.07) is 10.4. The number of aromatic nitrogens is 1. The largest absolute Gasteiger partial charge is 0.436 e. The van der Waals surface area contributed by atoms with Crippen LogP contribution in [0.25, 0.3) is 22.6 Å². The first-order valence-corrected chi connectivity index (χ1v) is 6.28. The molecule has 0 radical (unpaired) electrons. The molecule has 3 rings (SSSR count). The minimum Gasteiger partial charge on any atom is -0.436 e. The lowest BCUT2D eigenvalue weighted by Gasteiger charge is -1.98. The van der Waals surface area contributed by atoms with E-state index in [9.17, 15) is 0 Å². The van der Waals surface area contributed by atoms with Crippen molar-refractivity contribution in [2.45, 2.75) is 0 Å². The fourth-order valence-electron chi connectivity index (χ4n) is 1.68. The van der Waals surface area contributed by atoms with Crippen LogP contribution in [0.5, 0.6) is 0 Å². The van der Waals surface area contributed by atoms with Crippen LogP contribution < -0.4 is 0 Å². The monoisotopic (exact) mass is 297 g/mol. The van der Waals surface area contributed by atoms with Gasteiger partial charge in [-0.3, -0.25) is 0 Å². The molecule has 0 saturated heterocycles. The van der Waals surface area contributed by atoms with Gasteiger partial charge in [0.05, 0.1) is 10.6 Å². The number of nitrogens with zero attached hydrogens (tertiary/aromatic N) is 1. The van der Waals surface area contributed by atoms with E-state index in [4.69, 9.17) is 39.2 Å². The van der Waals surface area contributed by atoms with Crippen molar-refractivity contribution in [1.29, 1.82) is 0 Å². The van der Waals surface area contributed by atoms with Crippen LogP contribution in [0.4, 0.5) is 0 Å². The Morgan fingerprint density at radius 2 is 1.61 bits per heavy atom. The van der Waals surface area contributed by atoms with Gasteiger partial charge in [-0.05, 0) is 36.4 Å². The average Bonchev–Trinajstić information content (AvgIpc) is 2.71. The summed E-state index contributed by atoms with van der Waals surface area (Å²) in [5.41, 5.74) is 2.07. The van der Waals surface area contributed by atoms with Crippen LogP contribution in [0.1, 0.15) is 0 Å². The number of rotatable bonds is 1. The molecule has 1 aromatic heterocycles. The molecule has 1 heterocycles. The molecule has 0 unspecified atom stereocenters. The second-order valence-electron chi connectivity index (χ2n) is 3.76. The number of hydrogen-bond donors (Lipinski definition) is 0. The van der Waals surface area contributed by atoms with Crippen molar-refractivity contribution < 1.29 is 4.42 Å². The maximum atomic E-state index is 6.11. The van der Waals surface area contributed by atoms with Crippen molar-refractivity contribution in [2.24, 2.45) is 0 Å².